The van der Waals surface area contributed by atoms with Crippen molar-refractivity contribution < 1.29 is 24.1 Å². The fraction of sp³-hybridized carbons (Fsp3) is 0.821. The quantitative estimate of drug-likeness (QED) is 0.351. The van der Waals surface area contributed by atoms with Gasteiger partial charge < -0.3 is 19.3 Å². The zero-order valence-electron chi connectivity index (χ0n) is 20.7. The van der Waals surface area contributed by atoms with Crippen molar-refractivity contribution in [1.82, 2.24) is 0 Å². The van der Waals surface area contributed by atoms with Crippen molar-refractivity contribution in [3.8, 4) is 0 Å². The van der Waals surface area contributed by atoms with Gasteiger partial charge in [-0.3, -0.25) is 0 Å². The Kier molecular flexibility index (Phi) is 6.29. The molecule has 4 fully saturated rings. The lowest BCUT2D eigenvalue weighted by molar-refractivity contribution is -0.195. The van der Waals surface area contributed by atoms with Gasteiger partial charge in [-0.25, -0.2) is 4.79 Å². The third kappa shape index (κ3) is 3.92. The van der Waals surface area contributed by atoms with Crippen LogP contribution in [-0.2, 0) is 19.0 Å². The number of carbonyl (C=O) groups is 1. The average Bonchev–Trinajstić information content (AvgIpc) is 3.09. The molecule has 1 heterocycles. The predicted molar refractivity (Wildman–Crippen MR) is 126 cm³/mol. The number of aliphatic hydroxyl groups is 1. The van der Waals surface area contributed by atoms with E-state index in [2.05, 4.69) is 19.9 Å². The maximum atomic E-state index is 11.7. The summed E-state index contributed by atoms with van der Waals surface area (Å²) in [5.41, 5.74) is 0.755. The lowest BCUT2D eigenvalue weighted by Gasteiger charge is -2.59. The van der Waals surface area contributed by atoms with Crippen molar-refractivity contribution in [2.45, 2.75) is 102 Å². The second-order valence-electron chi connectivity index (χ2n) is 11.8. The highest BCUT2D eigenvalue weighted by molar-refractivity contribution is 5.82. The molecule has 5 nitrogen and oxygen atoms in total. The van der Waals surface area contributed by atoms with Crippen LogP contribution in [0.2, 0.25) is 0 Å². The summed E-state index contributed by atoms with van der Waals surface area (Å²) in [7, 11) is 1.38. The summed E-state index contributed by atoms with van der Waals surface area (Å²) in [5.74, 6) is 1.38. The number of carbonyl (C=O) groups excluding carboxylic acids is 1. The largest absolute Gasteiger partial charge is 0.466 e. The molecule has 0 aromatic rings. The molecule has 0 bridgehead atoms. The van der Waals surface area contributed by atoms with Crippen LogP contribution in [0.3, 0.4) is 0 Å². The van der Waals surface area contributed by atoms with Gasteiger partial charge in [-0.2, -0.15) is 0 Å². The summed E-state index contributed by atoms with van der Waals surface area (Å²) in [6.45, 7) is 5.60. The summed E-state index contributed by atoms with van der Waals surface area (Å²) >= 11 is 0. The molecule has 1 saturated heterocycles. The van der Waals surface area contributed by atoms with Gasteiger partial charge >= 0.3 is 5.97 Å². The SMILES string of the molecule is COC(=O)C=C[C@]1(O)CCC2C3CC=C4C[C@@H](OC5CCCCO5)CC[C@]4(C)C3CC[C@@]21C. The molecule has 5 rings (SSSR count). The highest BCUT2D eigenvalue weighted by atomic mass is 16.7. The van der Waals surface area contributed by atoms with Gasteiger partial charge in [0.15, 0.2) is 6.29 Å². The number of methoxy groups -OCH3 is 1. The third-order valence-corrected chi connectivity index (χ3v) is 10.5. The molecule has 33 heavy (non-hydrogen) atoms. The number of esters is 1. The molecule has 4 unspecified atom stereocenters. The van der Waals surface area contributed by atoms with Crippen molar-refractivity contribution >= 4 is 5.97 Å². The molecule has 184 valence electrons. The zero-order valence-corrected chi connectivity index (χ0v) is 20.7. The molecular weight excluding hydrogens is 416 g/mol. The Hall–Kier alpha value is -1.17. The Morgan fingerprint density at radius 1 is 1.12 bits per heavy atom. The van der Waals surface area contributed by atoms with E-state index in [1.807, 2.05) is 0 Å². The number of allylic oxidation sites excluding steroid dienone is 1. The van der Waals surface area contributed by atoms with E-state index in [-0.39, 0.29) is 29.2 Å². The van der Waals surface area contributed by atoms with E-state index >= 15 is 0 Å². The highest BCUT2D eigenvalue weighted by Gasteiger charge is 2.63. The van der Waals surface area contributed by atoms with Gasteiger partial charge in [-0.15, -0.1) is 0 Å². The van der Waals surface area contributed by atoms with Crippen LogP contribution in [0.5, 0.6) is 0 Å². The molecule has 0 aromatic carbocycles. The van der Waals surface area contributed by atoms with Gasteiger partial charge in [-0.1, -0.05) is 25.5 Å². The monoisotopic (exact) mass is 458 g/mol. The van der Waals surface area contributed by atoms with Crippen LogP contribution in [0, 0.1) is 28.6 Å². The lowest BCUT2D eigenvalue weighted by atomic mass is 9.47. The minimum absolute atomic E-state index is 0.00496. The number of ether oxygens (including phenoxy) is 3. The minimum Gasteiger partial charge on any atom is -0.466 e. The molecule has 1 N–H and O–H groups in total. The number of rotatable bonds is 4. The van der Waals surface area contributed by atoms with Crippen LogP contribution in [0.15, 0.2) is 23.8 Å². The standard InChI is InChI=1S/C28H42O5/c1-26-13-9-20(33-25-6-4-5-17-32-25)18-19(26)7-8-21-22(26)10-14-27(2)23(21)11-15-28(27,30)16-12-24(29)31-3/h7,12,16,20-23,25,30H,4-6,8-11,13-15,17-18H2,1-3H3/t20-,21?,22?,23?,25?,26-,27-,28+/m0/s1. The van der Waals surface area contributed by atoms with Crippen molar-refractivity contribution in [2.75, 3.05) is 13.7 Å². The normalized spacial score (nSPS) is 47.4. The molecule has 0 spiro atoms. The van der Waals surface area contributed by atoms with Crippen LogP contribution in [0.25, 0.3) is 0 Å². The van der Waals surface area contributed by atoms with Crippen molar-refractivity contribution in [2.24, 2.45) is 28.6 Å². The predicted octanol–water partition coefficient (Wildman–Crippen LogP) is 5.32. The first kappa shape index (κ1) is 23.6. The van der Waals surface area contributed by atoms with Gasteiger partial charge in [0.1, 0.15) is 0 Å². The highest BCUT2D eigenvalue weighted by Crippen LogP contribution is 2.67. The summed E-state index contributed by atoms with van der Waals surface area (Å²) in [5, 5.41) is 11.6. The first-order valence-corrected chi connectivity index (χ1v) is 13.3. The third-order valence-electron chi connectivity index (χ3n) is 10.5. The Labute approximate surface area is 198 Å². The van der Waals surface area contributed by atoms with Gasteiger partial charge in [0, 0.05) is 18.1 Å². The van der Waals surface area contributed by atoms with E-state index in [0.717, 1.165) is 64.4 Å². The molecule has 5 heteroatoms. The summed E-state index contributed by atoms with van der Waals surface area (Å²) < 4.78 is 17.0. The van der Waals surface area contributed by atoms with Crippen LogP contribution < -0.4 is 0 Å². The Morgan fingerprint density at radius 2 is 1.94 bits per heavy atom. The van der Waals surface area contributed by atoms with Crippen LogP contribution in [-0.4, -0.2) is 42.8 Å². The van der Waals surface area contributed by atoms with Gasteiger partial charge in [0.2, 0.25) is 0 Å². The van der Waals surface area contributed by atoms with Gasteiger partial charge in [-0.05, 0) is 99.9 Å². The zero-order chi connectivity index (χ0) is 23.3. The van der Waals surface area contributed by atoms with E-state index in [1.54, 1.807) is 11.6 Å². The second kappa shape index (κ2) is 8.80. The molecular formula is C28H42O5. The molecule has 0 amide bonds. The summed E-state index contributed by atoms with van der Waals surface area (Å²) in [6, 6.07) is 0. The molecule has 3 saturated carbocycles. The van der Waals surface area contributed by atoms with Crippen LogP contribution in [0.4, 0.5) is 0 Å². The first-order valence-electron chi connectivity index (χ1n) is 13.3. The van der Waals surface area contributed by atoms with Gasteiger partial charge in [0.25, 0.3) is 0 Å². The van der Waals surface area contributed by atoms with Crippen molar-refractivity contribution in [3.63, 3.8) is 0 Å². The molecule has 0 radical (unpaired) electrons. The molecule has 8 atom stereocenters. The Balaban J connectivity index is 1.32. The second-order valence-corrected chi connectivity index (χ2v) is 11.8. The molecule has 5 aliphatic rings. The Bertz CT molecular complexity index is 813. The Morgan fingerprint density at radius 3 is 2.70 bits per heavy atom. The molecule has 1 aliphatic heterocycles. The summed E-state index contributed by atoms with van der Waals surface area (Å²) in [6.07, 6.45) is 17.8. The van der Waals surface area contributed by atoms with E-state index < -0.39 is 5.60 Å². The lowest BCUT2D eigenvalue weighted by Crippen LogP contribution is -2.54. The van der Waals surface area contributed by atoms with Crippen LogP contribution in [0.1, 0.15) is 84.5 Å². The fourth-order valence-electron chi connectivity index (χ4n) is 8.38. The molecule has 4 aliphatic carbocycles. The topological polar surface area (TPSA) is 65.0 Å². The smallest absolute Gasteiger partial charge is 0.330 e. The van der Waals surface area contributed by atoms with Crippen molar-refractivity contribution in [3.05, 3.63) is 23.8 Å². The van der Waals surface area contributed by atoms with E-state index in [0.29, 0.717) is 17.8 Å². The van der Waals surface area contributed by atoms with E-state index in [1.165, 1.54) is 26.0 Å². The van der Waals surface area contributed by atoms with Crippen LogP contribution >= 0.6 is 0 Å². The fourth-order valence-corrected chi connectivity index (χ4v) is 8.38. The minimum atomic E-state index is -0.923. The molecule has 0 aromatic heterocycles. The summed E-state index contributed by atoms with van der Waals surface area (Å²) in [4.78, 5) is 11.7. The maximum absolute atomic E-state index is 11.7. The average molecular weight is 459 g/mol. The maximum Gasteiger partial charge on any atom is 0.330 e. The van der Waals surface area contributed by atoms with E-state index in [9.17, 15) is 9.90 Å². The number of hydrogen-bond acceptors (Lipinski definition) is 5. The van der Waals surface area contributed by atoms with Gasteiger partial charge in [0.05, 0.1) is 18.8 Å². The van der Waals surface area contributed by atoms with Crippen molar-refractivity contribution in [1.29, 1.82) is 0 Å². The number of hydrogen-bond donors (Lipinski definition) is 1. The number of fused-ring (bicyclic) bond motifs is 5. The van der Waals surface area contributed by atoms with E-state index in [4.69, 9.17) is 14.2 Å². The first-order chi connectivity index (χ1) is 15.8.